The summed E-state index contributed by atoms with van der Waals surface area (Å²) in [6.07, 6.45) is 0.755. The van der Waals surface area contributed by atoms with E-state index in [0.717, 1.165) is 0 Å². The van der Waals surface area contributed by atoms with Gasteiger partial charge < -0.3 is 20.3 Å². The average Bonchev–Trinajstić information content (AvgIpc) is 3.10. The Morgan fingerprint density at radius 1 is 1.14 bits per heavy atom. The molecule has 0 fully saturated rings. The lowest BCUT2D eigenvalue weighted by Gasteiger charge is -2.17. The van der Waals surface area contributed by atoms with Gasteiger partial charge >= 0.3 is 0 Å². The first-order chi connectivity index (χ1) is 13.9. The average molecular weight is 397 g/mol. The van der Waals surface area contributed by atoms with Crippen LogP contribution in [-0.4, -0.2) is 15.1 Å². The largest absolute Gasteiger partial charge is 0.480 e. The molecular weight excluding hydrogens is 380 g/mol. The molecule has 0 aliphatic rings. The molecule has 2 aromatic carbocycles. The summed E-state index contributed by atoms with van der Waals surface area (Å²) in [4.78, 5) is 8.17. The van der Waals surface area contributed by atoms with Gasteiger partial charge in [0.05, 0.1) is 22.3 Å². The summed E-state index contributed by atoms with van der Waals surface area (Å²) in [5.74, 6) is -0.163. The SMILES string of the molecule is Cc1cc(C(C)Oc2cc(F)ccc2Nc2ncnc3cc(N)cc(F)c23)on1. The maximum absolute atomic E-state index is 14.5. The number of fused-ring (bicyclic) bond motifs is 1. The molecule has 148 valence electrons. The molecule has 1 atom stereocenters. The van der Waals surface area contributed by atoms with Crippen molar-refractivity contribution < 1.29 is 18.0 Å². The number of nitrogen functional groups attached to an aromatic ring is 1. The number of ether oxygens (including phenoxy) is 1. The fourth-order valence-electron chi connectivity index (χ4n) is 2.90. The first-order valence-corrected chi connectivity index (χ1v) is 8.77. The third kappa shape index (κ3) is 3.79. The number of rotatable bonds is 5. The van der Waals surface area contributed by atoms with Gasteiger partial charge in [0.1, 0.15) is 29.5 Å². The summed E-state index contributed by atoms with van der Waals surface area (Å²) in [6.45, 7) is 3.54. The van der Waals surface area contributed by atoms with Crippen LogP contribution in [0.15, 0.2) is 47.2 Å². The van der Waals surface area contributed by atoms with Crippen molar-refractivity contribution in [3.8, 4) is 5.75 Å². The monoisotopic (exact) mass is 397 g/mol. The van der Waals surface area contributed by atoms with Gasteiger partial charge in [-0.1, -0.05) is 5.16 Å². The van der Waals surface area contributed by atoms with Gasteiger partial charge in [-0.25, -0.2) is 18.7 Å². The highest BCUT2D eigenvalue weighted by Crippen LogP contribution is 2.34. The molecule has 1 unspecified atom stereocenters. The van der Waals surface area contributed by atoms with E-state index >= 15 is 0 Å². The third-order valence-corrected chi connectivity index (χ3v) is 4.26. The molecule has 0 saturated carbocycles. The van der Waals surface area contributed by atoms with Crippen LogP contribution >= 0.6 is 0 Å². The maximum atomic E-state index is 14.5. The Labute approximate surface area is 164 Å². The highest BCUT2D eigenvalue weighted by molar-refractivity contribution is 5.93. The van der Waals surface area contributed by atoms with Crippen LogP contribution in [0.4, 0.5) is 26.0 Å². The van der Waals surface area contributed by atoms with E-state index in [2.05, 4.69) is 20.4 Å². The van der Waals surface area contributed by atoms with E-state index in [1.165, 1.54) is 30.6 Å². The van der Waals surface area contributed by atoms with Gasteiger partial charge in [0, 0.05) is 17.8 Å². The quantitative estimate of drug-likeness (QED) is 0.472. The van der Waals surface area contributed by atoms with Crippen LogP contribution in [0.2, 0.25) is 0 Å². The summed E-state index contributed by atoms with van der Waals surface area (Å²) >= 11 is 0. The number of nitrogens with two attached hydrogens (primary N) is 1. The van der Waals surface area contributed by atoms with Crippen LogP contribution < -0.4 is 15.8 Å². The molecule has 0 saturated heterocycles. The maximum Gasteiger partial charge on any atom is 0.177 e. The zero-order chi connectivity index (χ0) is 20.5. The number of hydrogen-bond acceptors (Lipinski definition) is 7. The second-order valence-electron chi connectivity index (χ2n) is 6.52. The van der Waals surface area contributed by atoms with E-state index in [1.54, 1.807) is 26.0 Å². The van der Waals surface area contributed by atoms with E-state index in [-0.39, 0.29) is 22.6 Å². The lowest BCUT2D eigenvalue weighted by atomic mass is 10.2. The molecule has 0 radical (unpaired) electrons. The molecule has 2 aromatic heterocycles. The van der Waals surface area contributed by atoms with E-state index in [9.17, 15) is 8.78 Å². The van der Waals surface area contributed by atoms with Crippen molar-refractivity contribution in [2.75, 3.05) is 11.1 Å². The van der Waals surface area contributed by atoms with Crippen molar-refractivity contribution in [1.82, 2.24) is 15.1 Å². The molecule has 0 aliphatic heterocycles. The summed E-state index contributed by atoms with van der Waals surface area (Å²) in [5.41, 5.74) is 7.38. The fraction of sp³-hybridized carbons (Fsp3) is 0.150. The number of anilines is 3. The lowest BCUT2D eigenvalue weighted by Crippen LogP contribution is -2.06. The molecule has 0 amide bonds. The van der Waals surface area contributed by atoms with E-state index < -0.39 is 17.7 Å². The number of nitrogens with zero attached hydrogens (tertiary/aromatic N) is 3. The van der Waals surface area contributed by atoms with Gasteiger partial charge in [-0.2, -0.15) is 0 Å². The zero-order valence-corrected chi connectivity index (χ0v) is 15.6. The Morgan fingerprint density at radius 2 is 1.97 bits per heavy atom. The second-order valence-corrected chi connectivity index (χ2v) is 6.52. The topological polar surface area (TPSA) is 99.1 Å². The predicted octanol–water partition coefficient (Wildman–Crippen LogP) is 4.67. The molecule has 2 heterocycles. The summed E-state index contributed by atoms with van der Waals surface area (Å²) in [6, 6.07) is 8.42. The van der Waals surface area contributed by atoms with Gasteiger partial charge in [-0.05, 0) is 38.1 Å². The first-order valence-electron chi connectivity index (χ1n) is 8.77. The van der Waals surface area contributed by atoms with Gasteiger partial charge in [-0.3, -0.25) is 0 Å². The van der Waals surface area contributed by atoms with Crippen molar-refractivity contribution in [1.29, 1.82) is 0 Å². The minimum absolute atomic E-state index is 0.163. The standard InChI is InChI=1S/C20H17F2N5O2/c1-10-5-17(29-27-10)11(2)28-18-6-12(21)3-4-15(18)26-20-19-14(22)7-13(23)8-16(19)24-9-25-20/h3-9,11H,23H2,1-2H3,(H,24,25,26). The smallest absolute Gasteiger partial charge is 0.177 e. The molecule has 0 bridgehead atoms. The number of benzene rings is 2. The van der Waals surface area contributed by atoms with Crippen LogP contribution in [0.3, 0.4) is 0 Å². The van der Waals surface area contributed by atoms with Crippen molar-refractivity contribution in [3.63, 3.8) is 0 Å². The number of hydrogen-bond donors (Lipinski definition) is 2. The van der Waals surface area contributed by atoms with Gasteiger partial charge in [0.25, 0.3) is 0 Å². The highest BCUT2D eigenvalue weighted by Gasteiger charge is 2.17. The molecule has 4 rings (SSSR count). The molecule has 9 heteroatoms. The van der Waals surface area contributed by atoms with Crippen LogP contribution in [0, 0.1) is 18.6 Å². The van der Waals surface area contributed by atoms with Crippen molar-refractivity contribution >= 4 is 28.1 Å². The van der Waals surface area contributed by atoms with Gasteiger partial charge in [-0.15, -0.1) is 0 Å². The fourth-order valence-corrected chi connectivity index (χ4v) is 2.90. The Balaban J connectivity index is 1.71. The van der Waals surface area contributed by atoms with Crippen LogP contribution in [0.1, 0.15) is 24.5 Å². The predicted molar refractivity (Wildman–Crippen MR) is 104 cm³/mol. The van der Waals surface area contributed by atoms with E-state index in [0.29, 0.717) is 22.7 Å². The third-order valence-electron chi connectivity index (χ3n) is 4.26. The number of nitrogens with one attached hydrogen (secondary N) is 1. The number of aromatic nitrogens is 3. The minimum Gasteiger partial charge on any atom is -0.480 e. The van der Waals surface area contributed by atoms with Crippen molar-refractivity contribution in [2.24, 2.45) is 0 Å². The normalized spacial score (nSPS) is 12.1. The lowest BCUT2D eigenvalue weighted by molar-refractivity contribution is 0.182. The zero-order valence-electron chi connectivity index (χ0n) is 15.6. The Morgan fingerprint density at radius 3 is 2.72 bits per heavy atom. The molecule has 7 nitrogen and oxygen atoms in total. The van der Waals surface area contributed by atoms with Gasteiger partial charge in [0.15, 0.2) is 11.9 Å². The molecule has 3 N–H and O–H groups in total. The second kappa shape index (κ2) is 7.34. The Hall–Kier alpha value is -3.75. The number of halogens is 2. The molecule has 4 aromatic rings. The van der Waals surface area contributed by atoms with Crippen molar-refractivity contribution in [3.05, 3.63) is 65.8 Å². The first kappa shape index (κ1) is 18.6. The van der Waals surface area contributed by atoms with Crippen LogP contribution in [0.5, 0.6) is 5.75 Å². The van der Waals surface area contributed by atoms with E-state index in [1.807, 2.05) is 0 Å². The summed E-state index contributed by atoms with van der Waals surface area (Å²) in [7, 11) is 0. The van der Waals surface area contributed by atoms with Crippen LogP contribution in [-0.2, 0) is 0 Å². The van der Waals surface area contributed by atoms with Crippen molar-refractivity contribution in [2.45, 2.75) is 20.0 Å². The minimum atomic E-state index is -0.571. The van der Waals surface area contributed by atoms with Gasteiger partial charge in [0.2, 0.25) is 0 Å². The summed E-state index contributed by atoms with van der Waals surface area (Å²) in [5, 5.41) is 6.98. The highest BCUT2D eigenvalue weighted by atomic mass is 19.1. The Bertz CT molecular complexity index is 1190. The molecular formula is C20H17F2N5O2. The summed E-state index contributed by atoms with van der Waals surface area (Å²) < 4.78 is 39.4. The number of aryl methyl sites for hydroxylation is 1. The van der Waals surface area contributed by atoms with Crippen LogP contribution in [0.25, 0.3) is 10.9 Å². The Kier molecular flexibility index (Phi) is 4.71. The molecule has 29 heavy (non-hydrogen) atoms. The molecule has 0 aliphatic carbocycles. The van der Waals surface area contributed by atoms with E-state index in [4.69, 9.17) is 15.0 Å². The molecule has 0 spiro atoms.